The van der Waals surface area contributed by atoms with Crippen LogP contribution in [0.1, 0.15) is 30.1 Å². The van der Waals surface area contributed by atoms with Crippen LogP contribution >= 0.6 is 22.6 Å². The van der Waals surface area contributed by atoms with Crippen molar-refractivity contribution in [1.29, 1.82) is 0 Å². The number of hydrogen-bond acceptors (Lipinski definition) is 7. The summed E-state index contributed by atoms with van der Waals surface area (Å²) < 4.78 is 38.8. The highest BCUT2D eigenvalue weighted by Crippen LogP contribution is 2.37. The molecule has 2 aromatic carbocycles. The number of aromatic nitrogens is 2. The number of benzene rings is 2. The first-order valence-corrected chi connectivity index (χ1v) is 13.5. The molecule has 0 aliphatic heterocycles. The molecule has 2 aromatic heterocycles. The summed E-state index contributed by atoms with van der Waals surface area (Å²) in [5, 5.41) is 0.705. The molecule has 0 spiro atoms. The molecular formula is C29H27FIN3O5. The fourth-order valence-corrected chi connectivity index (χ4v) is 4.50. The predicted molar refractivity (Wildman–Crippen MR) is 154 cm³/mol. The van der Waals surface area contributed by atoms with Crippen LogP contribution in [0.4, 0.5) is 10.1 Å². The Kier molecular flexibility index (Phi) is 8.12. The number of ether oxygens (including phenoxy) is 4. The summed E-state index contributed by atoms with van der Waals surface area (Å²) in [5.74, 6) is 0.680. The van der Waals surface area contributed by atoms with Crippen LogP contribution in [0.15, 0.2) is 61.1 Å². The monoisotopic (exact) mass is 643 g/mol. The van der Waals surface area contributed by atoms with Gasteiger partial charge in [0.2, 0.25) is 0 Å². The lowest BCUT2D eigenvalue weighted by Crippen LogP contribution is -2.27. The van der Waals surface area contributed by atoms with Crippen LogP contribution in [-0.2, 0) is 4.74 Å². The number of anilines is 1. The molecule has 10 heteroatoms. The minimum Gasteiger partial charge on any atom is -0.491 e. The first-order valence-electron chi connectivity index (χ1n) is 12.4. The van der Waals surface area contributed by atoms with Crippen LogP contribution in [0, 0.1) is 9.39 Å². The molecule has 0 radical (unpaired) electrons. The van der Waals surface area contributed by atoms with E-state index in [4.69, 9.17) is 18.9 Å². The standard InChI is InChI=1S/C29H27FIN3O5/c1-17(36-3)16-37-20-6-7-21-25(14-20)33-11-9-26(21)39-28-23(30)12-18(13-24(28)31)34(2)29(35)22-15-32-10-8-27(22)38-19-4-5-19/h6-15,17,19H,4-5,16H2,1-3H3/t17-/m1/s1. The Morgan fingerprint density at radius 1 is 1.15 bits per heavy atom. The van der Waals surface area contributed by atoms with Crippen molar-refractivity contribution in [3.63, 3.8) is 0 Å². The van der Waals surface area contributed by atoms with E-state index in [1.165, 1.54) is 17.2 Å². The van der Waals surface area contributed by atoms with Gasteiger partial charge in [-0.1, -0.05) is 0 Å². The van der Waals surface area contributed by atoms with E-state index in [2.05, 4.69) is 9.97 Å². The number of amides is 1. The number of fused-ring (bicyclic) bond motifs is 1. The zero-order valence-electron chi connectivity index (χ0n) is 21.7. The van der Waals surface area contributed by atoms with Crippen molar-refractivity contribution in [2.45, 2.75) is 32.0 Å². The van der Waals surface area contributed by atoms with Gasteiger partial charge in [0.25, 0.3) is 5.91 Å². The molecule has 39 heavy (non-hydrogen) atoms. The predicted octanol–water partition coefficient (Wildman–Crippen LogP) is 6.40. The normalized spacial score (nSPS) is 13.7. The Hall–Kier alpha value is -3.51. The number of carbonyl (C=O) groups excluding carboxylic acids is 1. The van der Waals surface area contributed by atoms with E-state index in [9.17, 15) is 4.79 Å². The smallest absolute Gasteiger partial charge is 0.263 e. The van der Waals surface area contributed by atoms with Gasteiger partial charge in [0, 0.05) is 56.0 Å². The lowest BCUT2D eigenvalue weighted by Gasteiger charge is -2.20. The minimum atomic E-state index is -0.601. The molecule has 202 valence electrons. The van der Waals surface area contributed by atoms with E-state index in [0.717, 1.165) is 12.8 Å². The fraction of sp³-hybridized carbons (Fsp3) is 0.276. The fourth-order valence-electron chi connectivity index (χ4n) is 3.82. The van der Waals surface area contributed by atoms with Crippen LogP contribution in [-0.4, -0.2) is 48.8 Å². The average Bonchev–Trinajstić information content (AvgIpc) is 3.77. The summed E-state index contributed by atoms with van der Waals surface area (Å²) in [6, 6.07) is 11.8. The molecule has 0 N–H and O–H groups in total. The quantitative estimate of drug-likeness (QED) is 0.185. The largest absolute Gasteiger partial charge is 0.491 e. The molecular weight excluding hydrogens is 616 g/mol. The lowest BCUT2D eigenvalue weighted by molar-refractivity contribution is 0.0717. The van der Waals surface area contributed by atoms with Crippen molar-refractivity contribution < 1.29 is 28.1 Å². The van der Waals surface area contributed by atoms with Gasteiger partial charge in [-0.2, -0.15) is 0 Å². The van der Waals surface area contributed by atoms with Gasteiger partial charge < -0.3 is 23.8 Å². The maximum atomic E-state index is 15.4. The van der Waals surface area contributed by atoms with E-state index in [1.54, 1.807) is 50.8 Å². The Balaban J connectivity index is 1.37. The van der Waals surface area contributed by atoms with E-state index < -0.39 is 5.82 Å². The Morgan fingerprint density at radius 3 is 2.69 bits per heavy atom. The van der Waals surface area contributed by atoms with Gasteiger partial charge in [0.05, 0.1) is 21.3 Å². The molecule has 0 saturated heterocycles. The average molecular weight is 643 g/mol. The van der Waals surface area contributed by atoms with E-state index in [1.807, 2.05) is 41.6 Å². The van der Waals surface area contributed by atoms with Crippen molar-refractivity contribution in [2.24, 2.45) is 0 Å². The minimum absolute atomic E-state index is 0.0480. The van der Waals surface area contributed by atoms with Gasteiger partial charge >= 0.3 is 0 Å². The Morgan fingerprint density at radius 2 is 1.95 bits per heavy atom. The zero-order chi connectivity index (χ0) is 27.5. The lowest BCUT2D eigenvalue weighted by atomic mass is 10.2. The number of hydrogen-bond donors (Lipinski definition) is 0. The first kappa shape index (κ1) is 27.1. The van der Waals surface area contributed by atoms with Crippen molar-refractivity contribution in [2.75, 3.05) is 25.7 Å². The van der Waals surface area contributed by atoms with Crippen molar-refractivity contribution in [3.05, 3.63) is 76.0 Å². The molecule has 1 atom stereocenters. The summed E-state index contributed by atoms with van der Waals surface area (Å²) in [7, 11) is 3.22. The van der Waals surface area contributed by atoms with Gasteiger partial charge in [-0.05, 0) is 72.7 Å². The molecule has 0 unspecified atom stereocenters. The number of carbonyl (C=O) groups is 1. The van der Waals surface area contributed by atoms with Gasteiger partial charge in [-0.15, -0.1) is 0 Å². The maximum Gasteiger partial charge on any atom is 0.263 e. The Bertz CT molecular complexity index is 1490. The van der Waals surface area contributed by atoms with Crippen LogP contribution in [0.25, 0.3) is 10.9 Å². The van der Waals surface area contributed by atoms with E-state index >= 15 is 4.39 Å². The molecule has 1 saturated carbocycles. The summed E-state index contributed by atoms with van der Waals surface area (Å²) >= 11 is 2.00. The highest BCUT2D eigenvalue weighted by atomic mass is 127. The van der Waals surface area contributed by atoms with E-state index in [0.29, 0.717) is 49.6 Å². The molecule has 8 nitrogen and oxygen atoms in total. The highest BCUT2D eigenvalue weighted by Gasteiger charge is 2.27. The van der Waals surface area contributed by atoms with Crippen molar-refractivity contribution in [3.8, 4) is 23.0 Å². The molecule has 2 heterocycles. The third kappa shape index (κ3) is 6.22. The molecule has 1 fully saturated rings. The summed E-state index contributed by atoms with van der Waals surface area (Å²) in [6.07, 6.45) is 6.66. The number of pyridine rings is 2. The van der Waals surface area contributed by atoms with Crippen LogP contribution in [0.5, 0.6) is 23.0 Å². The first-order chi connectivity index (χ1) is 18.8. The third-order valence-electron chi connectivity index (χ3n) is 6.28. The van der Waals surface area contributed by atoms with Gasteiger partial charge in [-0.25, -0.2) is 4.39 Å². The topological polar surface area (TPSA) is 83.0 Å². The van der Waals surface area contributed by atoms with Gasteiger partial charge in [0.1, 0.15) is 29.4 Å². The number of halogens is 2. The molecule has 5 rings (SSSR count). The van der Waals surface area contributed by atoms with Crippen molar-refractivity contribution in [1.82, 2.24) is 9.97 Å². The number of nitrogens with zero attached hydrogens (tertiary/aromatic N) is 3. The third-order valence-corrected chi connectivity index (χ3v) is 7.08. The highest BCUT2D eigenvalue weighted by molar-refractivity contribution is 14.1. The van der Waals surface area contributed by atoms with Crippen LogP contribution < -0.4 is 19.1 Å². The molecule has 4 aromatic rings. The zero-order valence-corrected chi connectivity index (χ0v) is 23.8. The molecule has 1 amide bonds. The SMILES string of the molecule is CO[C@H](C)COc1ccc2c(Oc3c(F)cc(N(C)C(=O)c4cnccc4OC4CC4)cc3I)ccnc2c1. The molecule has 0 bridgehead atoms. The number of methoxy groups -OCH3 is 1. The van der Waals surface area contributed by atoms with Crippen LogP contribution in [0.2, 0.25) is 0 Å². The van der Waals surface area contributed by atoms with Crippen LogP contribution in [0.3, 0.4) is 0 Å². The second-order valence-corrected chi connectivity index (χ2v) is 10.4. The Labute approximate surface area is 239 Å². The summed E-state index contributed by atoms with van der Waals surface area (Å²) in [6.45, 7) is 2.32. The second-order valence-electron chi connectivity index (χ2n) is 9.24. The maximum absolute atomic E-state index is 15.4. The van der Waals surface area contributed by atoms with Gasteiger partial charge in [-0.3, -0.25) is 14.8 Å². The van der Waals surface area contributed by atoms with Gasteiger partial charge in [0.15, 0.2) is 11.6 Å². The molecule has 1 aliphatic carbocycles. The summed E-state index contributed by atoms with van der Waals surface area (Å²) in [4.78, 5) is 23.1. The second kappa shape index (κ2) is 11.7. The van der Waals surface area contributed by atoms with Crippen molar-refractivity contribution >= 4 is 45.1 Å². The van der Waals surface area contributed by atoms with E-state index in [-0.39, 0.29) is 23.9 Å². The summed E-state index contributed by atoms with van der Waals surface area (Å²) in [5.41, 5.74) is 1.35. The molecule has 1 aliphatic rings. The number of rotatable bonds is 10.